The molecule has 10 heteroatoms. The fraction of sp³-hybridized carbons (Fsp3) is 0.500. The second-order valence-corrected chi connectivity index (χ2v) is 8.78. The van der Waals surface area contributed by atoms with Gasteiger partial charge in [-0.05, 0) is 32.6 Å². The van der Waals surface area contributed by atoms with Gasteiger partial charge in [0.1, 0.15) is 10.9 Å². The maximum absolute atomic E-state index is 15.6. The zero-order chi connectivity index (χ0) is 21.5. The summed E-state index contributed by atoms with van der Waals surface area (Å²) in [6, 6.07) is -0.218. The van der Waals surface area contributed by atoms with Gasteiger partial charge in [-0.25, -0.2) is 4.79 Å². The van der Waals surface area contributed by atoms with Crippen molar-refractivity contribution in [3.8, 4) is 0 Å². The summed E-state index contributed by atoms with van der Waals surface area (Å²) in [5.74, 6) is -2.59. The monoisotopic (exact) mass is 416 g/mol. The van der Waals surface area contributed by atoms with Crippen LogP contribution in [0, 0.1) is 28.3 Å². The van der Waals surface area contributed by atoms with Gasteiger partial charge in [0, 0.05) is 42.3 Å². The molecule has 1 spiro atoms. The van der Waals surface area contributed by atoms with Gasteiger partial charge in [-0.1, -0.05) is 0 Å². The molecule has 0 bridgehead atoms. The number of nitrogens with two attached hydrogens (primary N) is 1. The number of anilines is 1. The van der Waals surface area contributed by atoms with Gasteiger partial charge in [0.25, 0.3) is 0 Å². The molecule has 2 aromatic rings. The topological polar surface area (TPSA) is 132 Å². The standard InChI is InChI=1S/C20H21FN4O5/c1-9-15-13(18(26)11(19(27)28)6-24(15)10-2-3-10)17(25(29)30)14(21)16(9)23-7-12(22)20(8-23)4-5-20/h6,10,12H,2-5,7-8,22H2,1H3,(H,27,28)/t12-/m1/s1. The maximum Gasteiger partial charge on any atom is 0.341 e. The highest BCUT2D eigenvalue weighted by molar-refractivity contribution is 6.00. The summed E-state index contributed by atoms with van der Waals surface area (Å²) in [6.45, 7) is 2.52. The van der Waals surface area contributed by atoms with Crippen LogP contribution < -0.4 is 16.1 Å². The lowest BCUT2D eigenvalue weighted by Gasteiger charge is -2.24. The number of benzene rings is 1. The van der Waals surface area contributed by atoms with E-state index >= 15 is 4.39 Å². The zero-order valence-electron chi connectivity index (χ0n) is 16.4. The molecule has 0 unspecified atom stereocenters. The van der Waals surface area contributed by atoms with Gasteiger partial charge in [-0.3, -0.25) is 14.9 Å². The molecule has 1 atom stereocenters. The highest BCUT2D eigenvalue weighted by Gasteiger charge is 2.54. The summed E-state index contributed by atoms with van der Waals surface area (Å²) in [5, 5.41) is 20.8. The molecule has 3 fully saturated rings. The molecular formula is C20H21FN4O5. The number of fused-ring (bicyclic) bond motifs is 1. The Balaban J connectivity index is 1.87. The third-order valence-electron chi connectivity index (χ3n) is 6.87. The number of nitro groups is 1. The minimum Gasteiger partial charge on any atom is -0.477 e. The van der Waals surface area contributed by atoms with Gasteiger partial charge in [-0.15, -0.1) is 0 Å². The number of aromatic carboxylic acids is 1. The number of aromatic nitrogens is 1. The normalized spacial score (nSPS) is 22.1. The van der Waals surface area contributed by atoms with Crippen molar-refractivity contribution in [2.75, 3.05) is 18.0 Å². The quantitative estimate of drug-likeness (QED) is 0.577. The van der Waals surface area contributed by atoms with Gasteiger partial charge < -0.3 is 20.3 Å². The van der Waals surface area contributed by atoms with Crippen LogP contribution in [0.15, 0.2) is 11.0 Å². The van der Waals surface area contributed by atoms with Crippen LogP contribution in [0.25, 0.3) is 10.9 Å². The average molecular weight is 416 g/mol. The van der Waals surface area contributed by atoms with Crippen LogP contribution in [0.4, 0.5) is 15.8 Å². The molecule has 158 valence electrons. The largest absolute Gasteiger partial charge is 0.477 e. The first-order valence-corrected chi connectivity index (χ1v) is 9.95. The predicted octanol–water partition coefficient (Wildman–Crippen LogP) is 2.32. The second-order valence-electron chi connectivity index (χ2n) is 8.78. The number of rotatable bonds is 4. The fourth-order valence-corrected chi connectivity index (χ4v) is 4.93. The van der Waals surface area contributed by atoms with Crippen molar-refractivity contribution < 1.29 is 19.2 Å². The molecule has 1 saturated heterocycles. The smallest absolute Gasteiger partial charge is 0.341 e. The second kappa shape index (κ2) is 6.00. The molecule has 1 aromatic heterocycles. The molecule has 0 amide bonds. The number of carbonyl (C=O) groups is 1. The molecule has 2 saturated carbocycles. The highest BCUT2D eigenvalue weighted by Crippen LogP contribution is 2.54. The Kier molecular flexibility index (Phi) is 3.80. The lowest BCUT2D eigenvalue weighted by Crippen LogP contribution is -2.31. The molecule has 0 radical (unpaired) electrons. The number of carboxylic acids is 1. The predicted molar refractivity (Wildman–Crippen MR) is 107 cm³/mol. The molecule has 3 aliphatic rings. The van der Waals surface area contributed by atoms with Gasteiger partial charge in [0.05, 0.1) is 16.1 Å². The van der Waals surface area contributed by atoms with Crippen LogP contribution in [-0.2, 0) is 0 Å². The lowest BCUT2D eigenvalue weighted by molar-refractivity contribution is -0.385. The first-order chi connectivity index (χ1) is 14.2. The van der Waals surface area contributed by atoms with E-state index in [2.05, 4.69) is 0 Å². The molecule has 3 N–H and O–H groups in total. The Bertz CT molecular complexity index is 1200. The van der Waals surface area contributed by atoms with Gasteiger partial charge in [0.15, 0.2) is 0 Å². The van der Waals surface area contributed by atoms with Gasteiger partial charge >= 0.3 is 11.7 Å². The maximum atomic E-state index is 15.6. The summed E-state index contributed by atoms with van der Waals surface area (Å²) in [4.78, 5) is 37.2. The van der Waals surface area contributed by atoms with E-state index in [1.165, 1.54) is 6.20 Å². The molecule has 2 aliphatic carbocycles. The van der Waals surface area contributed by atoms with Crippen molar-refractivity contribution in [1.29, 1.82) is 0 Å². The first-order valence-electron chi connectivity index (χ1n) is 9.95. The van der Waals surface area contributed by atoms with Crippen molar-refractivity contribution in [1.82, 2.24) is 4.57 Å². The summed E-state index contributed by atoms with van der Waals surface area (Å²) in [7, 11) is 0. The Labute approximate surface area is 170 Å². The summed E-state index contributed by atoms with van der Waals surface area (Å²) < 4.78 is 17.2. The van der Waals surface area contributed by atoms with Gasteiger partial charge in [0.2, 0.25) is 11.2 Å². The van der Waals surface area contributed by atoms with Crippen molar-refractivity contribution in [2.24, 2.45) is 11.1 Å². The minimum absolute atomic E-state index is 0.0709. The van der Waals surface area contributed by atoms with E-state index in [1.807, 2.05) is 0 Å². The highest BCUT2D eigenvalue weighted by atomic mass is 19.1. The molecule has 1 aromatic carbocycles. The van der Waals surface area contributed by atoms with E-state index in [1.54, 1.807) is 16.4 Å². The van der Waals surface area contributed by atoms with E-state index < -0.39 is 38.8 Å². The van der Waals surface area contributed by atoms with E-state index in [9.17, 15) is 24.8 Å². The number of nitro benzene ring substituents is 1. The Hall–Kier alpha value is -3.01. The van der Waals surface area contributed by atoms with Crippen molar-refractivity contribution in [3.63, 3.8) is 0 Å². The number of halogens is 1. The third-order valence-corrected chi connectivity index (χ3v) is 6.87. The summed E-state index contributed by atoms with van der Waals surface area (Å²) in [6.07, 6.45) is 4.63. The number of aryl methyl sites for hydroxylation is 1. The van der Waals surface area contributed by atoms with E-state index in [4.69, 9.17) is 5.73 Å². The average Bonchev–Trinajstić information content (AvgIpc) is 3.56. The van der Waals surface area contributed by atoms with Crippen LogP contribution in [0.5, 0.6) is 0 Å². The third kappa shape index (κ3) is 2.49. The van der Waals surface area contributed by atoms with Gasteiger partial charge in [-0.2, -0.15) is 4.39 Å². The summed E-state index contributed by atoms with van der Waals surface area (Å²) in [5.41, 5.74) is 4.32. The number of nitrogens with zero attached hydrogens (tertiary/aromatic N) is 3. The summed E-state index contributed by atoms with van der Waals surface area (Å²) >= 11 is 0. The molecule has 30 heavy (non-hydrogen) atoms. The van der Waals surface area contributed by atoms with Crippen molar-refractivity contribution in [2.45, 2.75) is 44.7 Å². The van der Waals surface area contributed by atoms with Crippen LogP contribution in [-0.4, -0.2) is 39.7 Å². The Morgan fingerprint density at radius 3 is 2.57 bits per heavy atom. The van der Waals surface area contributed by atoms with E-state index in [-0.39, 0.29) is 28.7 Å². The van der Waals surface area contributed by atoms with Crippen LogP contribution in [0.1, 0.15) is 47.6 Å². The van der Waals surface area contributed by atoms with Crippen molar-refractivity contribution >= 4 is 28.2 Å². The number of hydrogen-bond acceptors (Lipinski definition) is 6. The number of hydrogen-bond donors (Lipinski definition) is 2. The number of pyridine rings is 1. The fourth-order valence-electron chi connectivity index (χ4n) is 4.93. The number of carboxylic acid groups (broad SMARTS) is 1. The minimum atomic E-state index is -1.49. The molecule has 5 rings (SSSR count). The molecule has 2 heterocycles. The zero-order valence-corrected chi connectivity index (χ0v) is 16.4. The van der Waals surface area contributed by atoms with Crippen LogP contribution >= 0.6 is 0 Å². The van der Waals surface area contributed by atoms with Crippen molar-refractivity contribution in [3.05, 3.63) is 43.5 Å². The lowest BCUT2D eigenvalue weighted by atomic mass is 10.0. The Morgan fingerprint density at radius 1 is 1.40 bits per heavy atom. The SMILES string of the molecule is Cc1c(N2C[C@@H](N)C3(CC3)C2)c(F)c([N+](=O)[O-])c2c(=O)c(C(=O)O)cn(C3CC3)c12. The van der Waals surface area contributed by atoms with Crippen LogP contribution in [0.3, 0.4) is 0 Å². The Morgan fingerprint density at radius 2 is 2.07 bits per heavy atom. The first kappa shape index (κ1) is 19.0. The molecule has 9 nitrogen and oxygen atoms in total. The van der Waals surface area contributed by atoms with Crippen LogP contribution in [0.2, 0.25) is 0 Å². The van der Waals surface area contributed by atoms with E-state index in [0.717, 1.165) is 25.7 Å². The molecular weight excluding hydrogens is 395 g/mol. The van der Waals surface area contributed by atoms with E-state index in [0.29, 0.717) is 18.7 Å². The molecule has 1 aliphatic heterocycles.